The Bertz CT molecular complexity index is 801. The van der Waals surface area contributed by atoms with Crippen molar-refractivity contribution in [3.05, 3.63) is 60.2 Å². The Morgan fingerprint density at radius 1 is 1.26 bits per heavy atom. The van der Waals surface area contributed by atoms with Crippen LogP contribution in [0.2, 0.25) is 0 Å². The number of fused-ring (bicyclic) bond motifs is 1. The molecule has 5 nitrogen and oxygen atoms in total. The zero-order valence-electron chi connectivity index (χ0n) is 16.1. The van der Waals surface area contributed by atoms with Gasteiger partial charge in [-0.05, 0) is 42.8 Å². The van der Waals surface area contributed by atoms with E-state index in [1.807, 2.05) is 48.5 Å². The predicted molar refractivity (Wildman–Crippen MR) is 108 cm³/mol. The van der Waals surface area contributed by atoms with Gasteiger partial charge in [-0.1, -0.05) is 24.3 Å². The molecule has 0 radical (unpaired) electrons. The van der Waals surface area contributed by atoms with Gasteiger partial charge in [0, 0.05) is 19.7 Å². The molecule has 1 aliphatic rings. The minimum atomic E-state index is -0.0526. The maximum absolute atomic E-state index is 12.5. The van der Waals surface area contributed by atoms with E-state index in [9.17, 15) is 4.79 Å². The zero-order valence-corrected chi connectivity index (χ0v) is 16.1. The number of benzene rings is 2. The molecule has 0 N–H and O–H groups in total. The second-order valence-corrected chi connectivity index (χ2v) is 6.57. The number of anilines is 1. The Balaban J connectivity index is 1.60. The number of carbonyl (C=O) groups is 1. The van der Waals surface area contributed by atoms with E-state index in [0.29, 0.717) is 6.54 Å². The number of hydrogen-bond acceptors (Lipinski definition) is 4. The summed E-state index contributed by atoms with van der Waals surface area (Å²) in [5, 5.41) is 0. The molecule has 0 aliphatic carbocycles. The second-order valence-electron chi connectivity index (χ2n) is 6.57. The fraction of sp³-hybridized carbons (Fsp3) is 0.318. The highest BCUT2D eigenvalue weighted by Gasteiger charge is 2.26. The number of hydrogen-bond donors (Lipinski definition) is 0. The van der Waals surface area contributed by atoms with Gasteiger partial charge < -0.3 is 19.3 Å². The van der Waals surface area contributed by atoms with Crippen LogP contribution in [0.5, 0.6) is 11.5 Å². The molecule has 142 valence electrons. The van der Waals surface area contributed by atoms with Gasteiger partial charge in [-0.2, -0.15) is 0 Å². The van der Waals surface area contributed by atoms with E-state index in [1.54, 1.807) is 25.1 Å². The average molecular weight is 366 g/mol. The lowest BCUT2D eigenvalue weighted by atomic mass is 10.1. The Labute approximate surface area is 160 Å². The van der Waals surface area contributed by atoms with Crippen molar-refractivity contribution in [3.63, 3.8) is 0 Å². The van der Waals surface area contributed by atoms with E-state index in [1.165, 1.54) is 0 Å². The Hall–Kier alpha value is -2.95. The minimum Gasteiger partial charge on any atom is -0.497 e. The van der Waals surface area contributed by atoms with Crippen LogP contribution in [0.4, 0.5) is 5.69 Å². The average Bonchev–Trinajstić information content (AvgIpc) is 2.71. The summed E-state index contributed by atoms with van der Waals surface area (Å²) in [7, 11) is 3.44. The molecule has 0 bridgehead atoms. The van der Waals surface area contributed by atoms with Crippen LogP contribution in [0.3, 0.4) is 0 Å². The van der Waals surface area contributed by atoms with E-state index < -0.39 is 0 Å². The summed E-state index contributed by atoms with van der Waals surface area (Å²) in [5.74, 6) is 1.63. The van der Waals surface area contributed by atoms with Gasteiger partial charge >= 0.3 is 0 Å². The SMILES string of the molecule is CCN1C[C@@H](CN(C)C(=O)/C=C/c2ccc(OC)cc2)Oc2ccccc21. The summed E-state index contributed by atoms with van der Waals surface area (Å²) >= 11 is 0. The van der Waals surface area contributed by atoms with Crippen molar-refractivity contribution >= 4 is 17.7 Å². The summed E-state index contributed by atoms with van der Waals surface area (Å²) in [6.45, 7) is 4.35. The molecule has 1 heterocycles. The third-order valence-electron chi connectivity index (χ3n) is 4.69. The number of para-hydroxylation sites is 2. The highest BCUT2D eigenvalue weighted by molar-refractivity contribution is 5.91. The van der Waals surface area contributed by atoms with Crippen molar-refractivity contribution in [3.8, 4) is 11.5 Å². The lowest BCUT2D eigenvalue weighted by molar-refractivity contribution is -0.125. The van der Waals surface area contributed by atoms with Gasteiger partial charge in [0.2, 0.25) is 5.91 Å². The maximum Gasteiger partial charge on any atom is 0.246 e. The number of ether oxygens (including phenoxy) is 2. The fourth-order valence-electron chi connectivity index (χ4n) is 3.18. The molecule has 27 heavy (non-hydrogen) atoms. The first-order valence-corrected chi connectivity index (χ1v) is 9.18. The van der Waals surface area contributed by atoms with E-state index in [2.05, 4.69) is 17.9 Å². The highest BCUT2D eigenvalue weighted by atomic mass is 16.5. The number of rotatable bonds is 6. The van der Waals surface area contributed by atoms with Crippen molar-refractivity contribution in [2.24, 2.45) is 0 Å². The third kappa shape index (κ3) is 4.61. The van der Waals surface area contributed by atoms with Gasteiger partial charge in [-0.25, -0.2) is 0 Å². The number of likely N-dealkylation sites (N-methyl/N-ethyl adjacent to an activating group) is 2. The van der Waals surface area contributed by atoms with Crippen molar-refractivity contribution in [2.45, 2.75) is 13.0 Å². The quantitative estimate of drug-likeness (QED) is 0.735. The third-order valence-corrected chi connectivity index (χ3v) is 4.69. The van der Waals surface area contributed by atoms with Gasteiger partial charge in [-0.15, -0.1) is 0 Å². The Kier molecular flexibility index (Phi) is 6.01. The molecule has 1 atom stereocenters. The van der Waals surface area contributed by atoms with E-state index in [4.69, 9.17) is 9.47 Å². The monoisotopic (exact) mass is 366 g/mol. The zero-order chi connectivity index (χ0) is 19.2. The van der Waals surface area contributed by atoms with Crippen LogP contribution in [0, 0.1) is 0 Å². The molecule has 1 amide bonds. The summed E-state index contributed by atoms with van der Waals surface area (Å²) < 4.78 is 11.2. The molecule has 3 rings (SSSR count). The summed E-state index contributed by atoms with van der Waals surface area (Å²) in [6, 6.07) is 15.6. The molecule has 0 aromatic heterocycles. The molecule has 1 aliphatic heterocycles. The summed E-state index contributed by atoms with van der Waals surface area (Å²) in [6.07, 6.45) is 3.35. The molecular weight excluding hydrogens is 340 g/mol. The molecule has 5 heteroatoms. The van der Waals surface area contributed by atoms with Gasteiger partial charge in [0.05, 0.1) is 25.9 Å². The largest absolute Gasteiger partial charge is 0.497 e. The fourth-order valence-corrected chi connectivity index (χ4v) is 3.18. The second kappa shape index (κ2) is 8.62. The first kappa shape index (κ1) is 18.8. The van der Waals surface area contributed by atoms with Crippen LogP contribution in [-0.4, -0.2) is 50.7 Å². The normalized spacial score (nSPS) is 16.0. The minimum absolute atomic E-state index is 0.0451. The number of amides is 1. The van der Waals surface area contributed by atoms with Gasteiger partial charge in [-0.3, -0.25) is 4.79 Å². The van der Waals surface area contributed by atoms with E-state index in [0.717, 1.165) is 35.8 Å². The lowest BCUT2D eigenvalue weighted by Gasteiger charge is -2.37. The number of carbonyl (C=O) groups excluding carboxylic acids is 1. The number of methoxy groups -OCH3 is 1. The van der Waals surface area contributed by atoms with Gasteiger partial charge in [0.1, 0.15) is 17.6 Å². The van der Waals surface area contributed by atoms with E-state index >= 15 is 0 Å². The van der Waals surface area contributed by atoms with Crippen LogP contribution in [-0.2, 0) is 4.79 Å². The Morgan fingerprint density at radius 2 is 2.00 bits per heavy atom. The lowest BCUT2D eigenvalue weighted by Crippen LogP contribution is -2.46. The molecule has 0 spiro atoms. The predicted octanol–water partition coefficient (Wildman–Crippen LogP) is 3.45. The summed E-state index contributed by atoms with van der Waals surface area (Å²) in [4.78, 5) is 16.4. The van der Waals surface area contributed by atoms with Crippen molar-refractivity contribution in [1.29, 1.82) is 0 Å². The summed E-state index contributed by atoms with van der Waals surface area (Å²) in [5.41, 5.74) is 2.07. The van der Waals surface area contributed by atoms with Crippen molar-refractivity contribution < 1.29 is 14.3 Å². The van der Waals surface area contributed by atoms with Crippen molar-refractivity contribution in [1.82, 2.24) is 4.90 Å². The van der Waals surface area contributed by atoms with Crippen LogP contribution in [0.25, 0.3) is 6.08 Å². The van der Waals surface area contributed by atoms with E-state index in [-0.39, 0.29) is 12.0 Å². The maximum atomic E-state index is 12.5. The topological polar surface area (TPSA) is 42.0 Å². The smallest absolute Gasteiger partial charge is 0.246 e. The van der Waals surface area contributed by atoms with Crippen LogP contribution < -0.4 is 14.4 Å². The van der Waals surface area contributed by atoms with Gasteiger partial charge in [0.15, 0.2) is 0 Å². The molecule has 2 aromatic carbocycles. The highest BCUT2D eigenvalue weighted by Crippen LogP contribution is 2.32. The molecule has 0 fully saturated rings. The first-order chi connectivity index (χ1) is 13.1. The number of nitrogens with zero attached hydrogens (tertiary/aromatic N) is 2. The van der Waals surface area contributed by atoms with Crippen LogP contribution in [0.15, 0.2) is 54.6 Å². The molecule has 2 aromatic rings. The van der Waals surface area contributed by atoms with Crippen LogP contribution in [0.1, 0.15) is 12.5 Å². The van der Waals surface area contributed by atoms with Gasteiger partial charge in [0.25, 0.3) is 0 Å². The molecule has 0 saturated carbocycles. The molecule has 0 saturated heterocycles. The standard InChI is InChI=1S/C22H26N2O3/c1-4-24-16-19(27-21-8-6-5-7-20(21)24)15-23(2)22(25)14-11-17-9-12-18(26-3)13-10-17/h5-14,19H,4,15-16H2,1-3H3/b14-11+/t19-/m1/s1. The molecular formula is C22H26N2O3. The Morgan fingerprint density at radius 3 is 2.70 bits per heavy atom. The molecule has 0 unspecified atom stereocenters. The first-order valence-electron chi connectivity index (χ1n) is 9.18. The van der Waals surface area contributed by atoms with Crippen molar-refractivity contribution in [2.75, 3.05) is 38.7 Å². The van der Waals surface area contributed by atoms with Crippen LogP contribution >= 0.6 is 0 Å².